The van der Waals surface area contributed by atoms with Gasteiger partial charge in [0.15, 0.2) is 0 Å². The fourth-order valence-electron chi connectivity index (χ4n) is 3.90. The number of rotatable bonds is 7. The minimum Gasteiger partial charge on any atom is -0.348 e. The van der Waals surface area contributed by atoms with Crippen LogP contribution in [0.5, 0.6) is 0 Å². The Kier molecular flexibility index (Phi) is 6.00. The standard InChI is InChI=1S/C23H26N4O2/c28-22(12-15-27-17-24-20-11-5-4-10-19(20)23(27)29)25-21(16-26-13-6-7-14-26)18-8-2-1-3-9-18/h1-5,8-11,17,21H,6-7,12-16H2,(H,25,28). The van der Waals surface area contributed by atoms with Crippen molar-refractivity contribution in [3.8, 4) is 0 Å². The lowest BCUT2D eigenvalue weighted by Crippen LogP contribution is -2.37. The number of hydrogen-bond donors (Lipinski definition) is 1. The van der Waals surface area contributed by atoms with Crippen LogP contribution in [0.15, 0.2) is 65.7 Å². The van der Waals surface area contributed by atoms with Crippen LogP contribution in [0.2, 0.25) is 0 Å². The summed E-state index contributed by atoms with van der Waals surface area (Å²) in [7, 11) is 0. The second-order valence-corrected chi connectivity index (χ2v) is 7.55. The molecule has 0 radical (unpaired) electrons. The molecule has 1 N–H and O–H groups in total. The Bertz CT molecular complexity index is 1030. The first-order chi connectivity index (χ1) is 14.2. The highest BCUT2D eigenvalue weighted by molar-refractivity contribution is 5.77. The van der Waals surface area contributed by atoms with Crippen LogP contribution in [0.4, 0.5) is 0 Å². The van der Waals surface area contributed by atoms with E-state index < -0.39 is 0 Å². The van der Waals surface area contributed by atoms with Crippen molar-refractivity contribution in [3.05, 3.63) is 76.8 Å². The largest absolute Gasteiger partial charge is 0.348 e. The van der Waals surface area contributed by atoms with E-state index in [1.54, 1.807) is 6.07 Å². The molecule has 1 amide bonds. The Labute approximate surface area is 170 Å². The first-order valence-corrected chi connectivity index (χ1v) is 10.2. The average Bonchev–Trinajstić information content (AvgIpc) is 3.27. The Morgan fingerprint density at radius 2 is 1.76 bits per heavy atom. The molecule has 29 heavy (non-hydrogen) atoms. The predicted molar refractivity (Wildman–Crippen MR) is 114 cm³/mol. The number of benzene rings is 2. The zero-order valence-corrected chi connectivity index (χ0v) is 16.5. The molecule has 1 atom stereocenters. The smallest absolute Gasteiger partial charge is 0.261 e. The van der Waals surface area contributed by atoms with Crippen molar-refractivity contribution in [2.45, 2.75) is 31.8 Å². The summed E-state index contributed by atoms with van der Waals surface area (Å²) in [6.07, 6.45) is 4.20. The molecule has 1 saturated heterocycles. The van der Waals surface area contributed by atoms with Gasteiger partial charge in [0.25, 0.3) is 5.56 Å². The highest BCUT2D eigenvalue weighted by atomic mass is 16.2. The second kappa shape index (κ2) is 9.01. The summed E-state index contributed by atoms with van der Waals surface area (Å²) >= 11 is 0. The van der Waals surface area contributed by atoms with Crippen LogP contribution in [-0.4, -0.2) is 40.0 Å². The Hall–Kier alpha value is -2.99. The van der Waals surface area contributed by atoms with Crippen molar-refractivity contribution < 1.29 is 4.79 Å². The Balaban J connectivity index is 1.42. The normalized spacial score (nSPS) is 15.4. The van der Waals surface area contributed by atoms with Gasteiger partial charge in [-0.15, -0.1) is 0 Å². The second-order valence-electron chi connectivity index (χ2n) is 7.55. The van der Waals surface area contributed by atoms with Gasteiger partial charge in [-0.3, -0.25) is 14.2 Å². The highest BCUT2D eigenvalue weighted by Gasteiger charge is 2.20. The van der Waals surface area contributed by atoms with E-state index in [-0.39, 0.29) is 23.9 Å². The number of hydrogen-bond acceptors (Lipinski definition) is 4. The lowest BCUT2D eigenvalue weighted by Gasteiger charge is -2.25. The molecule has 1 aromatic heterocycles. The summed E-state index contributed by atoms with van der Waals surface area (Å²) in [5, 5.41) is 3.75. The van der Waals surface area contributed by atoms with Gasteiger partial charge in [-0.2, -0.15) is 0 Å². The first kappa shape index (κ1) is 19.3. The number of fused-ring (bicyclic) bond motifs is 1. The number of aromatic nitrogens is 2. The topological polar surface area (TPSA) is 67.2 Å². The van der Waals surface area contributed by atoms with E-state index >= 15 is 0 Å². The van der Waals surface area contributed by atoms with Gasteiger partial charge in [0.1, 0.15) is 0 Å². The molecule has 6 heteroatoms. The molecule has 6 nitrogen and oxygen atoms in total. The minimum absolute atomic E-state index is 0.0479. The van der Waals surface area contributed by atoms with Crippen molar-refractivity contribution in [1.29, 1.82) is 0 Å². The molecule has 1 fully saturated rings. The van der Waals surface area contributed by atoms with Crippen LogP contribution in [0, 0.1) is 0 Å². The number of nitrogens with one attached hydrogen (secondary N) is 1. The lowest BCUT2D eigenvalue weighted by atomic mass is 10.1. The molecule has 1 aliphatic rings. The van der Waals surface area contributed by atoms with E-state index in [0.29, 0.717) is 17.4 Å². The fraction of sp³-hybridized carbons (Fsp3) is 0.348. The Morgan fingerprint density at radius 1 is 1.03 bits per heavy atom. The van der Waals surface area contributed by atoms with Crippen molar-refractivity contribution in [1.82, 2.24) is 19.8 Å². The van der Waals surface area contributed by atoms with Gasteiger partial charge in [-0.05, 0) is 43.6 Å². The van der Waals surface area contributed by atoms with Crippen molar-refractivity contribution in [2.75, 3.05) is 19.6 Å². The maximum Gasteiger partial charge on any atom is 0.261 e. The SMILES string of the molecule is O=C(CCn1cnc2ccccc2c1=O)NC(CN1CCCC1)c1ccccc1. The van der Waals surface area contributed by atoms with E-state index in [0.717, 1.165) is 25.2 Å². The highest BCUT2D eigenvalue weighted by Crippen LogP contribution is 2.18. The van der Waals surface area contributed by atoms with Gasteiger partial charge in [0.05, 0.1) is 23.3 Å². The number of carbonyl (C=O) groups excluding carboxylic acids is 1. The molecular weight excluding hydrogens is 364 g/mol. The molecule has 1 unspecified atom stereocenters. The summed E-state index contributed by atoms with van der Waals surface area (Å²) in [6.45, 7) is 3.29. The van der Waals surface area contributed by atoms with Gasteiger partial charge in [-0.25, -0.2) is 4.98 Å². The molecule has 0 spiro atoms. The summed E-state index contributed by atoms with van der Waals surface area (Å²) in [6, 6.07) is 17.3. The van der Waals surface area contributed by atoms with E-state index in [1.807, 2.05) is 36.4 Å². The zero-order chi connectivity index (χ0) is 20.1. The summed E-state index contributed by atoms with van der Waals surface area (Å²) in [4.78, 5) is 32.0. The Morgan fingerprint density at radius 3 is 2.55 bits per heavy atom. The third-order valence-corrected chi connectivity index (χ3v) is 5.49. The van der Waals surface area contributed by atoms with Gasteiger partial charge in [-0.1, -0.05) is 42.5 Å². The van der Waals surface area contributed by atoms with Gasteiger partial charge in [0, 0.05) is 19.5 Å². The zero-order valence-electron chi connectivity index (χ0n) is 16.5. The molecule has 2 heterocycles. The molecule has 1 aliphatic heterocycles. The maximum absolute atomic E-state index is 12.7. The van der Waals surface area contributed by atoms with E-state index in [4.69, 9.17) is 0 Å². The van der Waals surface area contributed by atoms with Crippen molar-refractivity contribution >= 4 is 16.8 Å². The fourth-order valence-corrected chi connectivity index (χ4v) is 3.90. The number of nitrogens with zero attached hydrogens (tertiary/aromatic N) is 3. The van der Waals surface area contributed by atoms with E-state index in [2.05, 4.69) is 27.3 Å². The van der Waals surface area contributed by atoms with Gasteiger partial charge >= 0.3 is 0 Å². The molecule has 3 aromatic rings. The van der Waals surface area contributed by atoms with Gasteiger partial charge in [0.2, 0.25) is 5.91 Å². The molecule has 4 rings (SSSR count). The number of carbonyl (C=O) groups is 1. The molecular formula is C23H26N4O2. The summed E-state index contributed by atoms with van der Waals surface area (Å²) < 4.78 is 1.51. The summed E-state index contributed by atoms with van der Waals surface area (Å²) in [5.74, 6) is -0.0573. The number of likely N-dealkylation sites (tertiary alicyclic amines) is 1. The predicted octanol–water partition coefficient (Wildman–Crippen LogP) is 2.74. The maximum atomic E-state index is 12.7. The molecule has 2 aromatic carbocycles. The first-order valence-electron chi connectivity index (χ1n) is 10.2. The number of para-hydroxylation sites is 1. The van der Waals surface area contributed by atoms with Crippen molar-refractivity contribution in [2.24, 2.45) is 0 Å². The van der Waals surface area contributed by atoms with Crippen molar-refractivity contribution in [3.63, 3.8) is 0 Å². The molecule has 150 valence electrons. The lowest BCUT2D eigenvalue weighted by molar-refractivity contribution is -0.122. The third-order valence-electron chi connectivity index (χ3n) is 5.49. The molecule has 0 aliphatic carbocycles. The minimum atomic E-state index is -0.111. The number of amides is 1. The van der Waals surface area contributed by atoms with Crippen LogP contribution < -0.4 is 10.9 Å². The van der Waals surface area contributed by atoms with Crippen LogP contribution >= 0.6 is 0 Å². The molecule has 0 bridgehead atoms. The number of aryl methyl sites for hydroxylation is 1. The van der Waals surface area contributed by atoms with Crippen LogP contribution in [-0.2, 0) is 11.3 Å². The monoisotopic (exact) mass is 390 g/mol. The summed E-state index contributed by atoms with van der Waals surface area (Å²) in [5.41, 5.74) is 1.67. The van der Waals surface area contributed by atoms with E-state index in [9.17, 15) is 9.59 Å². The van der Waals surface area contributed by atoms with Crippen LogP contribution in [0.3, 0.4) is 0 Å². The van der Waals surface area contributed by atoms with Gasteiger partial charge < -0.3 is 10.2 Å². The van der Waals surface area contributed by atoms with Crippen LogP contribution in [0.1, 0.15) is 30.9 Å². The quantitative estimate of drug-likeness (QED) is 0.674. The third kappa shape index (κ3) is 4.71. The van der Waals surface area contributed by atoms with Crippen LogP contribution in [0.25, 0.3) is 10.9 Å². The van der Waals surface area contributed by atoms with E-state index in [1.165, 1.54) is 23.7 Å². The average molecular weight is 390 g/mol. The molecule has 0 saturated carbocycles.